The first-order valence-corrected chi connectivity index (χ1v) is 20.2. The Balaban J connectivity index is 2.05. The Hall–Kier alpha value is -1.98. The van der Waals surface area contributed by atoms with Crippen LogP contribution < -0.4 is 0 Å². The van der Waals surface area contributed by atoms with Gasteiger partial charge in [0.15, 0.2) is 0 Å². The molecule has 0 aliphatic heterocycles. The number of ether oxygens (including phenoxy) is 2. The van der Waals surface area contributed by atoms with Gasteiger partial charge in [-0.3, -0.25) is 18.1 Å². The van der Waals surface area contributed by atoms with Gasteiger partial charge < -0.3 is 48.6 Å². The first-order valence-electron chi connectivity index (χ1n) is 14.1. The molecule has 4 rings (SSSR count). The second kappa shape index (κ2) is 16.1. The molecule has 1 fully saturated rings. The fourth-order valence-electron chi connectivity index (χ4n) is 5.49. The van der Waals surface area contributed by atoms with Gasteiger partial charge in [0.05, 0.1) is 13.2 Å². The van der Waals surface area contributed by atoms with Crippen LogP contribution in [-0.4, -0.2) is 75.3 Å². The summed E-state index contributed by atoms with van der Waals surface area (Å²) in [5, 5.41) is 0. The second-order valence-corrected chi connectivity index (χ2v) is 15.6. The monoisotopic (exact) mass is 770 g/mol. The van der Waals surface area contributed by atoms with E-state index in [0.717, 1.165) is 0 Å². The van der Waals surface area contributed by atoms with E-state index in [1.807, 2.05) is 0 Å². The van der Waals surface area contributed by atoms with Gasteiger partial charge in [0.25, 0.3) is 0 Å². The van der Waals surface area contributed by atoms with Crippen LogP contribution in [0, 0.1) is 0 Å². The molecule has 1 saturated carbocycles. The number of phosphoric ester groups is 4. The molecule has 1 aliphatic rings. The van der Waals surface area contributed by atoms with Crippen LogP contribution in [0.5, 0.6) is 0 Å². The SMILES string of the molecule is O=P(O)(O)OC1[C@H](OCc2ccccc2)[C@@H](OP(=O)(O)O)C(Cc2ccccc2)(OP(=O)(O)O)[C@@H](OP(=O)(O)O)[C@H]1OCc1ccccc1. The molecule has 6 atom stereocenters. The summed E-state index contributed by atoms with van der Waals surface area (Å²) >= 11 is 0. The maximum atomic E-state index is 12.7. The lowest BCUT2D eigenvalue weighted by molar-refractivity contribution is -0.272. The molecule has 0 spiro atoms. The predicted octanol–water partition coefficient (Wildman–Crippen LogP) is 2.70. The Morgan fingerprint density at radius 3 is 1.14 bits per heavy atom. The minimum Gasteiger partial charge on any atom is -0.368 e. The van der Waals surface area contributed by atoms with Gasteiger partial charge in [-0.1, -0.05) is 91.0 Å². The Morgan fingerprint density at radius 1 is 0.469 bits per heavy atom. The molecule has 0 saturated heterocycles. The molecule has 2 unspecified atom stereocenters. The Morgan fingerprint density at radius 2 is 0.816 bits per heavy atom. The van der Waals surface area contributed by atoms with E-state index in [2.05, 4.69) is 0 Å². The van der Waals surface area contributed by atoms with Gasteiger partial charge in [-0.15, -0.1) is 0 Å². The van der Waals surface area contributed by atoms with E-state index >= 15 is 0 Å². The normalized spacial score (nSPS) is 25.3. The Bertz CT molecular complexity index is 1610. The smallest absolute Gasteiger partial charge is 0.368 e. The highest BCUT2D eigenvalue weighted by Crippen LogP contribution is 2.58. The maximum Gasteiger partial charge on any atom is 0.470 e. The fourth-order valence-corrected chi connectivity index (χ4v) is 7.95. The van der Waals surface area contributed by atoms with Crippen molar-refractivity contribution < 1.29 is 85.0 Å². The molecule has 22 heteroatoms. The van der Waals surface area contributed by atoms with Gasteiger partial charge in [-0.25, -0.2) is 18.3 Å². The number of hydrogen-bond acceptors (Lipinski definition) is 10. The largest absolute Gasteiger partial charge is 0.470 e. The zero-order valence-corrected chi connectivity index (χ0v) is 28.7. The number of phosphoric acid groups is 4. The fraction of sp³-hybridized carbons (Fsp3) is 0.333. The molecular formula is C27H34O18P4. The average molecular weight is 770 g/mol. The van der Waals surface area contributed by atoms with Crippen molar-refractivity contribution in [3.8, 4) is 0 Å². The summed E-state index contributed by atoms with van der Waals surface area (Å²) in [5.41, 5.74) is -2.17. The third-order valence-corrected chi connectivity index (χ3v) is 9.25. The maximum absolute atomic E-state index is 12.7. The first kappa shape index (κ1) is 39.8. The average Bonchev–Trinajstić information content (AvgIpc) is 2.98. The molecule has 3 aromatic rings. The number of benzene rings is 3. The Kier molecular flexibility index (Phi) is 13.1. The van der Waals surface area contributed by atoms with Crippen molar-refractivity contribution in [2.75, 3.05) is 0 Å². The van der Waals surface area contributed by atoms with Crippen LogP contribution in [0.4, 0.5) is 0 Å². The number of hydrogen-bond donors (Lipinski definition) is 8. The third kappa shape index (κ3) is 12.1. The summed E-state index contributed by atoms with van der Waals surface area (Å²) in [6.07, 6.45) is -12.6. The molecule has 0 amide bonds. The van der Waals surface area contributed by atoms with Crippen molar-refractivity contribution in [2.45, 2.75) is 55.8 Å². The van der Waals surface area contributed by atoms with E-state index < -0.39 is 87.0 Å². The van der Waals surface area contributed by atoms with Crippen molar-refractivity contribution in [3.63, 3.8) is 0 Å². The highest BCUT2D eigenvalue weighted by atomic mass is 31.2. The van der Waals surface area contributed by atoms with E-state index in [9.17, 15) is 57.4 Å². The zero-order valence-electron chi connectivity index (χ0n) is 25.1. The minimum absolute atomic E-state index is 0.104. The van der Waals surface area contributed by atoms with E-state index in [4.69, 9.17) is 27.6 Å². The molecule has 0 aromatic heterocycles. The third-order valence-electron chi connectivity index (χ3n) is 7.15. The molecule has 1 aliphatic carbocycles. The molecule has 49 heavy (non-hydrogen) atoms. The predicted molar refractivity (Wildman–Crippen MR) is 167 cm³/mol. The van der Waals surface area contributed by atoms with Crippen molar-refractivity contribution in [3.05, 3.63) is 108 Å². The quantitative estimate of drug-likeness (QED) is 0.0972. The van der Waals surface area contributed by atoms with E-state index in [-0.39, 0.29) is 5.56 Å². The molecule has 18 nitrogen and oxygen atoms in total. The minimum atomic E-state index is -5.88. The van der Waals surface area contributed by atoms with Gasteiger partial charge in [-0.05, 0) is 16.7 Å². The van der Waals surface area contributed by atoms with Gasteiger partial charge >= 0.3 is 31.3 Å². The lowest BCUT2D eigenvalue weighted by Crippen LogP contribution is -2.74. The summed E-state index contributed by atoms with van der Waals surface area (Å²) in [6, 6.07) is 23.1. The topological polar surface area (TPSA) is 286 Å². The van der Waals surface area contributed by atoms with Crippen molar-refractivity contribution in [1.29, 1.82) is 0 Å². The van der Waals surface area contributed by atoms with E-state index in [1.54, 1.807) is 66.7 Å². The molecule has 270 valence electrons. The van der Waals surface area contributed by atoms with Crippen molar-refractivity contribution in [2.24, 2.45) is 0 Å². The molecular weight excluding hydrogens is 736 g/mol. The summed E-state index contributed by atoms with van der Waals surface area (Å²) in [6.45, 7) is -0.972. The molecule has 3 aromatic carbocycles. The van der Waals surface area contributed by atoms with Crippen molar-refractivity contribution in [1.82, 2.24) is 0 Å². The van der Waals surface area contributed by atoms with Crippen LogP contribution in [0.1, 0.15) is 16.7 Å². The molecule has 8 N–H and O–H groups in total. The summed E-state index contributed by atoms with van der Waals surface area (Å²) in [7, 11) is -23.2. The van der Waals surface area contributed by atoms with Gasteiger partial charge in [0, 0.05) is 6.42 Å². The van der Waals surface area contributed by atoms with Gasteiger partial charge in [-0.2, -0.15) is 0 Å². The van der Waals surface area contributed by atoms with Crippen LogP contribution in [0.2, 0.25) is 0 Å². The molecule has 0 heterocycles. The van der Waals surface area contributed by atoms with E-state index in [1.165, 1.54) is 24.3 Å². The summed E-state index contributed by atoms with van der Waals surface area (Å²) in [5.74, 6) is 0. The van der Waals surface area contributed by atoms with E-state index in [0.29, 0.717) is 11.1 Å². The van der Waals surface area contributed by atoms with Crippen LogP contribution in [0.15, 0.2) is 91.0 Å². The van der Waals surface area contributed by atoms with Gasteiger partial charge in [0.2, 0.25) is 0 Å². The first-order chi connectivity index (χ1) is 22.7. The highest BCUT2D eigenvalue weighted by Gasteiger charge is 2.68. The van der Waals surface area contributed by atoms with Crippen LogP contribution in [0.25, 0.3) is 0 Å². The van der Waals surface area contributed by atoms with Crippen LogP contribution in [0.3, 0.4) is 0 Å². The zero-order chi connectivity index (χ0) is 36.1. The lowest BCUT2D eigenvalue weighted by atomic mass is 9.71. The molecule has 0 bridgehead atoms. The highest BCUT2D eigenvalue weighted by molar-refractivity contribution is 7.47. The number of rotatable bonds is 16. The lowest BCUT2D eigenvalue weighted by Gasteiger charge is -2.55. The van der Waals surface area contributed by atoms with Crippen molar-refractivity contribution >= 4 is 31.3 Å². The summed E-state index contributed by atoms with van der Waals surface area (Å²) < 4.78 is 82.6. The summed E-state index contributed by atoms with van der Waals surface area (Å²) in [4.78, 5) is 80.8. The van der Waals surface area contributed by atoms with Crippen LogP contribution >= 0.6 is 31.3 Å². The van der Waals surface area contributed by atoms with Crippen LogP contribution in [-0.2, 0) is 65.5 Å². The Labute approximate surface area is 279 Å². The second-order valence-electron chi connectivity index (χ2n) is 10.8. The standard InChI is InChI=1S/C27H34O18P4/c28-46(29,30)42-22-23(40-17-20-12-6-2-7-13-20)25(43-47(31,32)33)27(45-49(37,38)39,16-19-10-4-1-5-11-19)26(44-48(34,35)36)24(22)41-18-21-14-8-3-9-15-21/h1-15,22-26H,16-18H2,(H2,28,29,30)(H2,31,32,33)(H2,34,35,36)(H2,37,38,39)/t22?,23-,24-,25-,26+,27?/m0/s1. The van der Waals surface area contributed by atoms with Gasteiger partial charge in [0.1, 0.15) is 36.1 Å². The molecule has 0 radical (unpaired) electrons.